The van der Waals surface area contributed by atoms with E-state index in [9.17, 15) is 9.59 Å². The van der Waals surface area contributed by atoms with Crippen molar-refractivity contribution in [1.82, 2.24) is 0 Å². The number of ether oxygens (including phenoxy) is 2. The van der Waals surface area contributed by atoms with Gasteiger partial charge in [0.25, 0.3) is 0 Å². The van der Waals surface area contributed by atoms with Crippen LogP contribution >= 0.6 is 0 Å². The molecular formula is C14H14O5. The monoisotopic (exact) mass is 262 g/mol. The molecule has 1 aromatic rings. The Morgan fingerprint density at radius 3 is 2.42 bits per heavy atom. The minimum atomic E-state index is -1.16. The summed E-state index contributed by atoms with van der Waals surface area (Å²) in [6, 6.07) is 5.17. The van der Waals surface area contributed by atoms with Gasteiger partial charge in [-0.25, -0.2) is 4.79 Å². The lowest BCUT2D eigenvalue weighted by atomic mass is 10.1. The van der Waals surface area contributed by atoms with E-state index in [1.165, 1.54) is 13.2 Å². The summed E-state index contributed by atoms with van der Waals surface area (Å²) in [4.78, 5) is 21.6. The Hall–Kier alpha value is -2.56. The highest BCUT2D eigenvalue weighted by Crippen LogP contribution is 2.25. The number of rotatable bonds is 6. The van der Waals surface area contributed by atoms with Gasteiger partial charge in [-0.05, 0) is 30.4 Å². The average Bonchev–Trinajstić information content (AvgIpc) is 2.42. The molecule has 100 valence electrons. The molecule has 5 heteroatoms. The van der Waals surface area contributed by atoms with Gasteiger partial charge in [-0.1, -0.05) is 0 Å². The highest BCUT2D eigenvalue weighted by molar-refractivity contribution is 6.04. The molecule has 0 amide bonds. The maximum atomic E-state index is 11.3. The first-order valence-electron chi connectivity index (χ1n) is 5.42. The summed E-state index contributed by atoms with van der Waals surface area (Å²) in [6.45, 7) is 0. The Morgan fingerprint density at radius 1 is 1.11 bits per heavy atom. The van der Waals surface area contributed by atoms with Crippen LogP contribution in [0.15, 0.2) is 36.4 Å². The first kappa shape index (κ1) is 14.5. The Labute approximate surface area is 110 Å². The van der Waals surface area contributed by atoms with Crippen molar-refractivity contribution in [3.8, 4) is 11.5 Å². The van der Waals surface area contributed by atoms with Gasteiger partial charge in [0, 0.05) is 17.7 Å². The predicted molar refractivity (Wildman–Crippen MR) is 70.4 cm³/mol. The van der Waals surface area contributed by atoms with E-state index in [0.717, 1.165) is 12.2 Å². The lowest BCUT2D eigenvalue weighted by Gasteiger charge is -2.06. The van der Waals surface area contributed by atoms with Crippen LogP contribution < -0.4 is 9.47 Å². The number of carboxylic acids is 1. The fourth-order valence-corrected chi connectivity index (χ4v) is 1.34. The van der Waals surface area contributed by atoms with Crippen molar-refractivity contribution in [2.24, 2.45) is 0 Å². The van der Waals surface area contributed by atoms with E-state index in [1.807, 2.05) is 0 Å². The SMILES string of the molecule is COc1ccc(C=CC(=O)C=CC(=O)O)c(OC)c1. The number of hydrogen-bond acceptors (Lipinski definition) is 4. The third kappa shape index (κ3) is 4.67. The molecule has 0 aliphatic heterocycles. The zero-order chi connectivity index (χ0) is 14.3. The molecule has 5 nitrogen and oxygen atoms in total. The third-order valence-electron chi connectivity index (χ3n) is 2.26. The zero-order valence-electron chi connectivity index (χ0n) is 10.6. The molecule has 0 bridgehead atoms. The minimum absolute atomic E-state index is 0.416. The molecule has 0 unspecified atom stereocenters. The maximum absolute atomic E-state index is 11.3. The Morgan fingerprint density at radius 2 is 1.84 bits per heavy atom. The Bertz CT molecular complexity index is 529. The Balaban J connectivity index is 2.87. The molecular weight excluding hydrogens is 248 g/mol. The quantitative estimate of drug-likeness (QED) is 0.793. The van der Waals surface area contributed by atoms with Crippen LogP contribution in [-0.2, 0) is 9.59 Å². The first-order chi connectivity index (χ1) is 9.06. The minimum Gasteiger partial charge on any atom is -0.497 e. The number of hydrogen-bond donors (Lipinski definition) is 1. The number of methoxy groups -OCH3 is 2. The second-order valence-corrected chi connectivity index (χ2v) is 3.52. The van der Waals surface area contributed by atoms with Crippen LogP contribution in [0.1, 0.15) is 5.56 Å². The molecule has 19 heavy (non-hydrogen) atoms. The van der Waals surface area contributed by atoms with Crippen molar-refractivity contribution in [3.63, 3.8) is 0 Å². The number of carbonyl (C=O) groups excluding carboxylic acids is 1. The number of benzene rings is 1. The van der Waals surface area contributed by atoms with Gasteiger partial charge in [-0.2, -0.15) is 0 Å². The van der Waals surface area contributed by atoms with Crippen molar-refractivity contribution in [3.05, 3.63) is 42.0 Å². The molecule has 0 atom stereocenters. The molecule has 1 aromatic carbocycles. The summed E-state index contributed by atoms with van der Waals surface area (Å²) < 4.78 is 10.2. The van der Waals surface area contributed by atoms with E-state index in [-0.39, 0.29) is 0 Å². The summed E-state index contributed by atoms with van der Waals surface area (Å²) in [5.74, 6) is -0.374. The van der Waals surface area contributed by atoms with Gasteiger partial charge in [-0.15, -0.1) is 0 Å². The molecule has 1 rings (SSSR count). The normalized spacial score (nSPS) is 10.8. The van der Waals surface area contributed by atoms with Crippen molar-refractivity contribution < 1.29 is 24.2 Å². The van der Waals surface area contributed by atoms with Crippen molar-refractivity contribution in [1.29, 1.82) is 0 Å². The summed E-state index contributed by atoms with van der Waals surface area (Å²) in [7, 11) is 3.06. The average molecular weight is 262 g/mol. The zero-order valence-corrected chi connectivity index (χ0v) is 10.6. The first-order valence-corrected chi connectivity index (χ1v) is 5.42. The van der Waals surface area contributed by atoms with Crippen LogP contribution in [0.25, 0.3) is 6.08 Å². The molecule has 0 aliphatic rings. The molecule has 0 saturated heterocycles. The largest absolute Gasteiger partial charge is 0.497 e. The van der Waals surface area contributed by atoms with Gasteiger partial charge in [-0.3, -0.25) is 4.79 Å². The number of allylic oxidation sites excluding steroid dienone is 2. The van der Waals surface area contributed by atoms with Crippen molar-refractivity contribution in [2.75, 3.05) is 14.2 Å². The molecule has 0 heterocycles. The highest BCUT2D eigenvalue weighted by Gasteiger charge is 2.02. The van der Waals surface area contributed by atoms with Gasteiger partial charge >= 0.3 is 5.97 Å². The van der Waals surface area contributed by atoms with E-state index in [0.29, 0.717) is 17.1 Å². The van der Waals surface area contributed by atoms with Gasteiger partial charge in [0.05, 0.1) is 14.2 Å². The lowest BCUT2D eigenvalue weighted by molar-refractivity contribution is -0.131. The van der Waals surface area contributed by atoms with E-state index in [1.54, 1.807) is 31.4 Å². The Kier molecular flexibility index (Phi) is 5.35. The lowest BCUT2D eigenvalue weighted by Crippen LogP contribution is -1.92. The topological polar surface area (TPSA) is 72.8 Å². The molecule has 0 aliphatic carbocycles. The van der Waals surface area contributed by atoms with E-state index in [2.05, 4.69) is 0 Å². The van der Waals surface area contributed by atoms with Gasteiger partial charge < -0.3 is 14.6 Å². The predicted octanol–water partition coefficient (Wildman–Crippen LogP) is 1.93. The summed E-state index contributed by atoms with van der Waals surface area (Å²) in [5, 5.41) is 8.39. The highest BCUT2D eigenvalue weighted by atomic mass is 16.5. The second-order valence-electron chi connectivity index (χ2n) is 3.52. The number of carboxylic acid groups (broad SMARTS) is 1. The maximum Gasteiger partial charge on any atom is 0.328 e. The fraction of sp³-hybridized carbons (Fsp3) is 0.143. The summed E-state index contributed by atoms with van der Waals surface area (Å²) in [6.07, 6.45) is 4.59. The summed E-state index contributed by atoms with van der Waals surface area (Å²) in [5.41, 5.74) is 0.695. The van der Waals surface area contributed by atoms with Gasteiger partial charge in [0.2, 0.25) is 0 Å². The molecule has 0 spiro atoms. The number of ketones is 1. The van der Waals surface area contributed by atoms with Crippen LogP contribution in [0.4, 0.5) is 0 Å². The van der Waals surface area contributed by atoms with Crippen LogP contribution in [-0.4, -0.2) is 31.1 Å². The van der Waals surface area contributed by atoms with E-state index < -0.39 is 11.8 Å². The molecule has 0 fully saturated rings. The summed E-state index contributed by atoms with van der Waals surface area (Å²) >= 11 is 0. The van der Waals surface area contributed by atoms with Crippen LogP contribution in [0.2, 0.25) is 0 Å². The molecule has 0 saturated carbocycles. The van der Waals surface area contributed by atoms with Gasteiger partial charge in [0.15, 0.2) is 5.78 Å². The van der Waals surface area contributed by atoms with Crippen LogP contribution in [0, 0.1) is 0 Å². The smallest absolute Gasteiger partial charge is 0.328 e. The molecule has 1 N–H and O–H groups in total. The van der Waals surface area contributed by atoms with Crippen LogP contribution in [0.3, 0.4) is 0 Å². The number of aliphatic carboxylic acids is 1. The standard InChI is InChI=1S/C14H14O5/c1-18-12-7-4-10(13(9-12)19-2)3-5-11(15)6-8-14(16)17/h3-9H,1-2H3,(H,16,17). The van der Waals surface area contributed by atoms with Gasteiger partial charge in [0.1, 0.15) is 11.5 Å². The van der Waals surface area contributed by atoms with Crippen LogP contribution in [0.5, 0.6) is 11.5 Å². The van der Waals surface area contributed by atoms with Crippen molar-refractivity contribution in [2.45, 2.75) is 0 Å². The van der Waals surface area contributed by atoms with E-state index >= 15 is 0 Å². The third-order valence-corrected chi connectivity index (χ3v) is 2.26. The number of carbonyl (C=O) groups is 2. The second kappa shape index (κ2) is 7.00. The van der Waals surface area contributed by atoms with E-state index in [4.69, 9.17) is 14.6 Å². The van der Waals surface area contributed by atoms with Crippen molar-refractivity contribution >= 4 is 17.8 Å². The molecule has 0 radical (unpaired) electrons. The fourth-order valence-electron chi connectivity index (χ4n) is 1.34. The molecule has 0 aromatic heterocycles.